The maximum atomic E-state index is 14.0. The summed E-state index contributed by atoms with van der Waals surface area (Å²) in [6.07, 6.45) is 4.02. The molecule has 3 fully saturated rings. The van der Waals surface area contributed by atoms with Gasteiger partial charge < -0.3 is 43.6 Å². The Labute approximate surface area is 653 Å². The highest BCUT2D eigenvalue weighted by molar-refractivity contribution is 8.00. The van der Waals surface area contributed by atoms with E-state index in [0.29, 0.717) is 107 Å². The number of halogens is 4. The fourth-order valence-electron chi connectivity index (χ4n) is 16.6. The Balaban J connectivity index is 0.000000145. The molecule has 110 heavy (non-hydrogen) atoms. The average Bonchev–Trinajstić information content (AvgIpc) is 0.733. The minimum Gasteiger partial charge on any atom is -0.383 e. The Hall–Kier alpha value is -9.22. The topological polar surface area (TPSA) is 203 Å². The fraction of sp³-hybridized carbons (Fsp3) is 0.378. The summed E-state index contributed by atoms with van der Waals surface area (Å²) in [6, 6.07) is 23.1. The molecular weight excluding hydrogens is 1490 g/mol. The van der Waals surface area contributed by atoms with E-state index in [2.05, 4.69) is 67.6 Å². The predicted octanol–water partition coefficient (Wildman–Crippen LogP) is 13.1. The molecule has 3 amide bonds. The van der Waals surface area contributed by atoms with Crippen LogP contribution in [0.25, 0.3) is 66.1 Å². The molecule has 0 spiro atoms. The first-order valence-corrected chi connectivity index (χ1v) is 39.8. The second-order valence-corrected chi connectivity index (χ2v) is 32.2. The van der Waals surface area contributed by atoms with Crippen molar-refractivity contribution >= 4 is 115 Å². The number of anilines is 3. The van der Waals surface area contributed by atoms with Gasteiger partial charge in [-0.2, -0.15) is 15.0 Å². The number of benzene rings is 6. The van der Waals surface area contributed by atoms with Gasteiger partial charge in [0.25, 0.3) is 0 Å². The lowest BCUT2D eigenvalue weighted by molar-refractivity contribution is -0.131. The first-order chi connectivity index (χ1) is 52.8. The summed E-state index contributed by atoms with van der Waals surface area (Å²) in [5, 5.41) is 2.72. The molecule has 3 saturated heterocycles. The van der Waals surface area contributed by atoms with E-state index in [1.165, 1.54) is 48.6 Å². The lowest BCUT2D eigenvalue weighted by atomic mass is 9.97. The molecule has 3 aromatic heterocycles. The van der Waals surface area contributed by atoms with E-state index >= 15 is 0 Å². The summed E-state index contributed by atoms with van der Waals surface area (Å²) in [4.78, 5) is 106. The lowest BCUT2D eigenvalue weighted by Crippen LogP contribution is -2.58. The number of hydrogen-bond donors (Lipinski definition) is 0. The number of methoxy groups -OCH3 is 3. The van der Waals surface area contributed by atoms with Gasteiger partial charge in [-0.1, -0.05) is 61.7 Å². The molecule has 28 heteroatoms. The third kappa shape index (κ3) is 14.9. The van der Waals surface area contributed by atoms with Crippen LogP contribution in [-0.2, 0) is 28.6 Å². The van der Waals surface area contributed by atoms with Gasteiger partial charge in [0, 0.05) is 163 Å². The number of thioether (sulfide) groups is 3. The van der Waals surface area contributed by atoms with Crippen molar-refractivity contribution in [2.45, 2.75) is 105 Å². The van der Waals surface area contributed by atoms with E-state index in [1.807, 2.05) is 58.3 Å². The van der Waals surface area contributed by atoms with Crippen LogP contribution in [0.15, 0.2) is 152 Å². The molecule has 9 heterocycles. The van der Waals surface area contributed by atoms with Crippen molar-refractivity contribution in [1.82, 2.24) is 43.4 Å². The molecule has 0 radical (unpaired) electrons. The van der Waals surface area contributed by atoms with Gasteiger partial charge in [-0.05, 0) is 155 Å². The molecule has 0 bridgehead atoms. The molecule has 6 aliphatic heterocycles. The SMILES string of the molecule is C=CC(=O)N1CCN(c2nc(=O)n3c4c(c(-c5ccc(F)cc5)c(C)cc24)SCC3COC)CC1.C=CC(=O)N1[C@H](C)CN(c2nc(=O)n3c4c(c(-c5ccc(F)c(Cl)c5)c(C)cc24)SCC3COC)C[C@@H]1C.C=CC(=O)N1[C@H](C)CN(c2nc(=O)n3c4c(c(-c5ccc(F)cc5)c(C)cc24)SCC3COC)C[C@@H]1C. The molecule has 15 rings (SSSR count). The summed E-state index contributed by atoms with van der Waals surface area (Å²) < 4.78 is 63.0. The monoisotopic (exact) mass is 1570 g/mol. The molecule has 7 atom stereocenters. The molecule has 6 aliphatic rings. The van der Waals surface area contributed by atoms with E-state index in [0.717, 1.165) is 97.5 Å². The van der Waals surface area contributed by atoms with E-state index in [9.17, 15) is 41.9 Å². The summed E-state index contributed by atoms with van der Waals surface area (Å²) >= 11 is 11.2. The third-order valence-corrected chi connectivity index (χ3v) is 25.3. The second-order valence-electron chi connectivity index (χ2n) is 28.7. The highest BCUT2D eigenvalue weighted by Crippen LogP contribution is 2.50. The van der Waals surface area contributed by atoms with Crippen LogP contribution in [0.3, 0.4) is 0 Å². The number of nitrogens with zero attached hydrogens (tertiary/aromatic N) is 12. The van der Waals surface area contributed by atoms with Crippen LogP contribution in [-0.4, -0.2) is 196 Å². The molecule has 21 nitrogen and oxygen atoms in total. The zero-order valence-electron chi connectivity index (χ0n) is 63.2. The largest absolute Gasteiger partial charge is 0.383 e. The molecule has 0 aliphatic carbocycles. The second kappa shape index (κ2) is 33.0. The first-order valence-electron chi connectivity index (χ1n) is 36.5. The average molecular weight is 1570 g/mol. The molecule has 3 unspecified atom stereocenters. The maximum Gasteiger partial charge on any atom is 0.350 e. The number of aryl methyl sites for hydroxylation is 3. The summed E-state index contributed by atoms with van der Waals surface area (Å²) in [6.45, 7) is 30.6. The molecule has 0 saturated carbocycles. The van der Waals surface area contributed by atoms with Gasteiger partial charge in [-0.15, -0.1) is 35.3 Å². The zero-order valence-corrected chi connectivity index (χ0v) is 66.4. The van der Waals surface area contributed by atoms with E-state index in [1.54, 1.807) is 112 Å². The van der Waals surface area contributed by atoms with Crippen molar-refractivity contribution in [3.05, 3.63) is 194 Å². The quantitative estimate of drug-likeness (QED) is 0.0876. The number of ether oxygens (including phenoxy) is 3. The van der Waals surface area contributed by atoms with Gasteiger partial charge in [-0.25, -0.2) is 27.6 Å². The summed E-state index contributed by atoms with van der Waals surface area (Å²) in [5.41, 5.74) is 10.1. The van der Waals surface area contributed by atoms with Gasteiger partial charge in [0.15, 0.2) is 0 Å². The van der Waals surface area contributed by atoms with Crippen LogP contribution >= 0.6 is 46.9 Å². The van der Waals surface area contributed by atoms with Crippen LogP contribution in [0.2, 0.25) is 5.02 Å². The summed E-state index contributed by atoms with van der Waals surface area (Å²) in [5.74, 6) is 2.53. The number of carbonyl (C=O) groups is 3. The van der Waals surface area contributed by atoms with Crippen LogP contribution in [0, 0.1) is 38.2 Å². The minimum atomic E-state index is -0.476. The standard InChI is InChI=1S/C28H30ClFN4O3S.C28H31FN4O3S.C26H27FN4O3S/c1-6-23(35)33-16(3)11-32(12-17(33)4)27-20-9-15(2)24(18-7-8-22(30)21(29)10-18)26-25(20)34(28(36)31-27)19(13-37-5)14-38-26;1-6-23(34)32-17(3)12-31(13-18(32)4)27-22-11-16(2)24(19-7-9-20(29)10-8-19)26-25(22)33(28(35)30-27)21(14-36-5)15-37-26;1-4-21(32)29-9-11-30(12-10-29)25-20-13-16(2)22(17-5-7-18(27)8-6-17)24-23(20)31(26(33)28-25)19(14-34-3)15-35-24/h6-10,16-17,19H,1,11-14H2,2-5H3;6-11,17-18,21H,1,12-15H2,2-5H3;4-8,13,19H,1,9-12,14-15H2,2-3H3/t16-,17+,19?;17-,18+,21?;. The first kappa shape index (κ1) is 78.9. The Bertz CT molecular complexity index is 5330. The van der Waals surface area contributed by atoms with Gasteiger partial charge in [0.05, 0.1) is 59.5 Å². The van der Waals surface area contributed by atoms with Gasteiger partial charge in [0.1, 0.15) is 34.9 Å². The van der Waals surface area contributed by atoms with E-state index < -0.39 is 5.82 Å². The number of carbonyl (C=O) groups excluding carboxylic acids is 3. The predicted molar refractivity (Wildman–Crippen MR) is 434 cm³/mol. The lowest BCUT2D eigenvalue weighted by Gasteiger charge is -2.45. The van der Waals surface area contributed by atoms with Gasteiger partial charge >= 0.3 is 17.1 Å². The Kier molecular flexibility index (Phi) is 23.7. The fourth-order valence-corrected chi connectivity index (χ4v) is 20.9. The normalized spacial score (nSPS) is 20.1. The maximum absolute atomic E-state index is 14.0. The molecule has 9 aromatic rings. The highest BCUT2D eigenvalue weighted by atomic mass is 35.5. The number of rotatable bonds is 15. The van der Waals surface area contributed by atoms with Crippen molar-refractivity contribution in [2.75, 3.05) is 125 Å². The summed E-state index contributed by atoms with van der Waals surface area (Å²) in [7, 11) is 4.89. The smallest absolute Gasteiger partial charge is 0.350 e. The van der Waals surface area contributed by atoms with Crippen molar-refractivity contribution in [1.29, 1.82) is 0 Å². The number of hydrogen-bond acceptors (Lipinski definition) is 18. The number of amides is 3. The molecule has 6 aromatic carbocycles. The van der Waals surface area contributed by atoms with Crippen LogP contribution in [0.4, 0.5) is 30.6 Å². The number of piperazine rings is 3. The van der Waals surface area contributed by atoms with Crippen molar-refractivity contribution in [3.63, 3.8) is 0 Å². The van der Waals surface area contributed by atoms with Crippen molar-refractivity contribution in [2.24, 2.45) is 0 Å². The van der Waals surface area contributed by atoms with Crippen LogP contribution in [0.5, 0.6) is 0 Å². The van der Waals surface area contributed by atoms with Crippen molar-refractivity contribution in [3.8, 4) is 33.4 Å². The van der Waals surface area contributed by atoms with Crippen LogP contribution < -0.4 is 31.8 Å². The molecule has 0 N–H and O–H groups in total. The Morgan fingerprint density at radius 1 is 0.473 bits per heavy atom. The number of aromatic nitrogens is 6. The zero-order chi connectivity index (χ0) is 78.4. The van der Waals surface area contributed by atoms with Gasteiger partial charge in [0.2, 0.25) is 17.7 Å². The van der Waals surface area contributed by atoms with Crippen LogP contribution in [0.1, 0.15) is 62.5 Å². The Morgan fingerprint density at radius 3 is 1.11 bits per heavy atom. The van der Waals surface area contributed by atoms with Gasteiger partial charge in [-0.3, -0.25) is 28.1 Å². The highest BCUT2D eigenvalue weighted by Gasteiger charge is 2.39. The minimum absolute atomic E-state index is 0.0509. The third-order valence-electron chi connectivity index (χ3n) is 21.3. The van der Waals surface area contributed by atoms with E-state index in [-0.39, 0.29) is 93.7 Å². The van der Waals surface area contributed by atoms with Crippen molar-refractivity contribution < 1.29 is 41.8 Å². The Morgan fingerprint density at radius 2 is 0.791 bits per heavy atom. The van der Waals surface area contributed by atoms with E-state index in [4.69, 9.17) is 25.8 Å². The molecular formula is C82H88ClF3N12O9S3. The molecule has 576 valence electrons.